The highest BCUT2D eigenvalue weighted by Gasteiger charge is 2.23. The monoisotopic (exact) mass is 299 g/mol. The largest absolute Gasteiger partial charge is 0.486 e. The molecule has 0 radical (unpaired) electrons. The summed E-state index contributed by atoms with van der Waals surface area (Å²) in [6.45, 7) is 12.5. The number of ketones is 1. The molecule has 0 heterocycles. The smallest absolute Gasteiger partial charge is 0.246 e. The molecule has 1 rings (SSSR count). The number of nitrogens with one attached hydrogen (secondary N) is 1. The fourth-order valence-corrected chi connectivity index (χ4v) is 1.88. The Hall–Kier alpha value is -2.58. The van der Waals surface area contributed by atoms with E-state index in [1.165, 1.54) is 7.11 Å². The van der Waals surface area contributed by atoms with E-state index in [4.69, 9.17) is 4.74 Å². The lowest BCUT2D eigenvalue weighted by Crippen LogP contribution is -2.41. The van der Waals surface area contributed by atoms with Crippen LogP contribution in [0.5, 0.6) is 0 Å². The molecule has 0 spiro atoms. The summed E-state index contributed by atoms with van der Waals surface area (Å²) in [5.74, 6) is -0.420. The zero-order chi connectivity index (χ0) is 16.9. The van der Waals surface area contributed by atoms with Crippen LogP contribution < -0.4 is 5.32 Å². The highest BCUT2D eigenvalue weighted by molar-refractivity contribution is 6.07. The van der Waals surface area contributed by atoms with Gasteiger partial charge in [-0.05, 0) is 26.3 Å². The van der Waals surface area contributed by atoms with Crippen molar-refractivity contribution in [2.45, 2.75) is 26.3 Å². The van der Waals surface area contributed by atoms with Crippen molar-refractivity contribution in [1.29, 1.82) is 0 Å². The maximum Gasteiger partial charge on any atom is 0.246 e. The summed E-state index contributed by atoms with van der Waals surface area (Å²) in [7, 11) is 1.40. The molecule has 0 aliphatic carbocycles. The summed E-state index contributed by atoms with van der Waals surface area (Å²) < 4.78 is 4.92. The molecule has 0 unspecified atom stereocenters. The van der Waals surface area contributed by atoms with Gasteiger partial charge in [-0.3, -0.25) is 9.59 Å². The summed E-state index contributed by atoms with van der Waals surface area (Å²) in [4.78, 5) is 23.9. The molecule has 1 aromatic rings. The van der Waals surface area contributed by atoms with E-state index >= 15 is 0 Å². The van der Waals surface area contributed by atoms with Crippen LogP contribution in [0.15, 0.2) is 54.5 Å². The summed E-state index contributed by atoms with van der Waals surface area (Å²) in [6.07, 6.45) is 0. The van der Waals surface area contributed by atoms with E-state index in [0.29, 0.717) is 11.1 Å². The number of amides is 1. The van der Waals surface area contributed by atoms with Gasteiger partial charge >= 0.3 is 0 Å². The van der Waals surface area contributed by atoms with E-state index < -0.39 is 5.54 Å². The first-order chi connectivity index (χ1) is 10.2. The Balaban J connectivity index is 3.02. The number of carbonyl (C=O) groups excluding carboxylic acids is 2. The minimum absolute atomic E-state index is 0.0718. The Labute approximate surface area is 131 Å². The standard InChI is InChI=1S/C18H21NO3/c1-7-15(22-6)16(20)13-8-10-14(11-9-13)18(4,5)19-17(21)12(2)3/h8-11H,1-2H2,3-6H3,(H,19,21). The Morgan fingerprint density at radius 2 is 1.77 bits per heavy atom. The molecule has 1 N–H and O–H groups in total. The van der Waals surface area contributed by atoms with E-state index in [-0.39, 0.29) is 17.4 Å². The normalized spacial score (nSPS) is 10.4. The maximum atomic E-state index is 12.1. The topological polar surface area (TPSA) is 55.4 Å². The highest BCUT2D eigenvalue weighted by Crippen LogP contribution is 2.21. The van der Waals surface area contributed by atoms with Crippen molar-refractivity contribution in [3.63, 3.8) is 0 Å². The quantitative estimate of drug-likeness (QED) is 0.380. The molecule has 0 saturated carbocycles. The van der Waals surface area contributed by atoms with Gasteiger partial charge in [-0.15, -0.1) is 0 Å². The number of carbonyl (C=O) groups is 2. The fourth-order valence-electron chi connectivity index (χ4n) is 1.88. The summed E-state index contributed by atoms with van der Waals surface area (Å²) in [5, 5.41) is 2.89. The first-order valence-corrected chi connectivity index (χ1v) is 6.80. The van der Waals surface area contributed by atoms with E-state index in [2.05, 4.69) is 24.2 Å². The lowest BCUT2D eigenvalue weighted by atomic mass is 9.92. The van der Waals surface area contributed by atoms with Crippen LogP contribution in [0, 0.1) is 0 Å². The van der Waals surface area contributed by atoms with Gasteiger partial charge in [-0.25, -0.2) is 0 Å². The molecule has 0 atom stereocenters. The lowest BCUT2D eigenvalue weighted by molar-refractivity contribution is -0.119. The zero-order valence-electron chi connectivity index (χ0n) is 13.4. The molecule has 0 aliphatic heterocycles. The van der Waals surface area contributed by atoms with Crippen LogP contribution in [-0.2, 0) is 15.1 Å². The van der Waals surface area contributed by atoms with Gasteiger partial charge in [-0.2, -0.15) is 0 Å². The van der Waals surface area contributed by atoms with Gasteiger partial charge in [0.15, 0.2) is 0 Å². The highest BCUT2D eigenvalue weighted by atomic mass is 16.5. The van der Waals surface area contributed by atoms with Gasteiger partial charge in [-0.1, -0.05) is 43.2 Å². The van der Waals surface area contributed by atoms with E-state index in [0.717, 1.165) is 5.56 Å². The van der Waals surface area contributed by atoms with Crippen molar-refractivity contribution in [2.24, 2.45) is 0 Å². The van der Waals surface area contributed by atoms with Crippen molar-refractivity contribution in [3.05, 3.63) is 65.6 Å². The Kier molecular flexibility index (Phi) is 5.50. The molecule has 1 amide bonds. The fraction of sp³-hybridized carbons (Fsp3) is 0.278. The summed E-state index contributed by atoms with van der Waals surface area (Å²) in [5.41, 5.74) is 3.68. The Morgan fingerprint density at radius 1 is 1.23 bits per heavy atom. The molecule has 116 valence electrons. The average molecular weight is 299 g/mol. The third-order valence-electron chi connectivity index (χ3n) is 3.25. The number of benzene rings is 1. The van der Waals surface area contributed by atoms with Crippen LogP contribution in [0.25, 0.3) is 0 Å². The number of Topliss-reactive ketones (excluding diaryl/α,β-unsaturated/α-hetero) is 1. The number of rotatable bonds is 6. The van der Waals surface area contributed by atoms with Crippen molar-refractivity contribution in [1.82, 2.24) is 5.32 Å². The van der Waals surface area contributed by atoms with Gasteiger partial charge in [0, 0.05) is 11.1 Å². The van der Waals surface area contributed by atoms with E-state index in [9.17, 15) is 9.59 Å². The first kappa shape index (κ1) is 17.5. The number of methoxy groups -OCH3 is 1. The molecule has 0 bridgehead atoms. The predicted molar refractivity (Wildman–Crippen MR) is 86.4 cm³/mol. The number of hydrogen-bond donors (Lipinski definition) is 1. The number of hydrogen-bond acceptors (Lipinski definition) is 3. The van der Waals surface area contributed by atoms with E-state index in [1.807, 2.05) is 13.8 Å². The molecule has 0 aromatic heterocycles. The SMILES string of the molecule is C=C=C(OC)C(=O)c1ccc(C(C)(C)NC(=O)C(=C)C)cc1. The van der Waals surface area contributed by atoms with E-state index in [1.54, 1.807) is 31.2 Å². The predicted octanol–water partition coefficient (Wildman–Crippen LogP) is 3.11. The lowest BCUT2D eigenvalue weighted by Gasteiger charge is -2.27. The molecule has 0 fully saturated rings. The van der Waals surface area contributed by atoms with Gasteiger partial charge in [0.25, 0.3) is 0 Å². The van der Waals surface area contributed by atoms with Gasteiger partial charge < -0.3 is 10.1 Å². The molecule has 0 aliphatic rings. The maximum absolute atomic E-state index is 12.1. The van der Waals surface area contributed by atoms with Crippen LogP contribution in [0.1, 0.15) is 36.7 Å². The van der Waals surface area contributed by atoms with Gasteiger partial charge in [0.1, 0.15) is 0 Å². The van der Waals surface area contributed by atoms with Crippen molar-refractivity contribution in [3.8, 4) is 0 Å². The summed E-state index contributed by atoms with van der Waals surface area (Å²) >= 11 is 0. The molecule has 0 saturated heterocycles. The van der Waals surface area contributed by atoms with Crippen LogP contribution in [0.3, 0.4) is 0 Å². The average Bonchev–Trinajstić information content (AvgIpc) is 2.48. The van der Waals surface area contributed by atoms with Crippen LogP contribution >= 0.6 is 0 Å². The molecular formula is C18H21NO3. The minimum Gasteiger partial charge on any atom is -0.486 e. The Bertz CT molecular complexity index is 647. The second-order valence-electron chi connectivity index (χ2n) is 5.48. The summed E-state index contributed by atoms with van der Waals surface area (Å²) in [6, 6.07) is 6.95. The van der Waals surface area contributed by atoms with Crippen LogP contribution in [-0.4, -0.2) is 18.8 Å². The Morgan fingerprint density at radius 3 is 2.18 bits per heavy atom. The van der Waals surface area contributed by atoms with Gasteiger partial charge in [0.2, 0.25) is 17.4 Å². The second kappa shape index (κ2) is 6.92. The minimum atomic E-state index is -0.573. The molecule has 22 heavy (non-hydrogen) atoms. The van der Waals surface area contributed by atoms with Crippen molar-refractivity contribution in [2.75, 3.05) is 7.11 Å². The number of allylic oxidation sites excluding steroid dienone is 1. The molecule has 4 nitrogen and oxygen atoms in total. The van der Waals surface area contributed by atoms with Crippen LogP contribution in [0.2, 0.25) is 0 Å². The zero-order valence-corrected chi connectivity index (χ0v) is 13.4. The second-order valence-corrected chi connectivity index (χ2v) is 5.48. The third-order valence-corrected chi connectivity index (χ3v) is 3.25. The first-order valence-electron chi connectivity index (χ1n) is 6.80. The number of ether oxygens (including phenoxy) is 1. The molecule has 1 aromatic carbocycles. The van der Waals surface area contributed by atoms with Crippen LogP contribution in [0.4, 0.5) is 0 Å². The molecule has 4 heteroatoms. The molecular weight excluding hydrogens is 278 g/mol. The van der Waals surface area contributed by atoms with Crippen molar-refractivity contribution >= 4 is 11.7 Å². The van der Waals surface area contributed by atoms with Gasteiger partial charge in [0.05, 0.1) is 12.6 Å². The van der Waals surface area contributed by atoms with Crippen molar-refractivity contribution < 1.29 is 14.3 Å². The third kappa shape index (κ3) is 3.96.